The fourth-order valence-corrected chi connectivity index (χ4v) is 5.94. The monoisotopic (exact) mass is 441 g/mol. The fourth-order valence-electron chi connectivity index (χ4n) is 5.75. The second-order valence-electron chi connectivity index (χ2n) is 9.25. The van der Waals surface area contributed by atoms with Gasteiger partial charge in [0, 0.05) is 22.7 Å². The Kier molecular flexibility index (Phi) is 5.16. The number of hydrogen-bond acceptors (Lipinski definition) is 3. The first-order valence-electron chi connectivity index (χ1n) is 11.2. The van der Waals surface area contributed by atoms with Gasteiger partial charge in [-0.25, -0.2) is 4.79 Å². The number of fused-ring (bicyclic) bond motifs is 3. The molecule has 0 saturated heterocycles. The van der Waals surface area contributed by atoms with Gasteiger partial charge in [-0.15, -0.1) is 0 Å². The predicted octanol–water partition coefficient (Wildman–Crippen LogP) is 3.94. The number of halogens is 1. The molecule has 1 aliphatic heterocycles. The molecule has 1 aromatic heterocycles. The molecule has 2 aromatic rings. The van der Waals surface area contributed by atoms with Crippen molar-refractivity contribution in [1.29, 1.82) is 0 Å². The van der Waals surface area contributed by atoms with Crippen LogP contribution in [0, 0.1) is 5.92 Å². The number of nitrogens with one attached hydrogen (secondary N) is 1. The standard InChI is InChI=1S/C23H28ClN5O2/c24-17-7-1-6-16(12-17)20-19(18-14-28(22(25)31)10-11-29(18)27-20)21(30)26-23-8-2-4-15(13-23)5-3-9-23/h1,6-7,12,15H,2-5,8-11,13-14H2,(H2,25,31)(H,26,30). The van der Waals surface area contributed by atoms with Gasteiger partial charge in [0.15, 0.2) is 0 Å². The molecule has 0 unspecified atom stereocenters. The van der Waals surface area contributed by atoms with Crippen LogP contribution in [0.25, 0.3) is 11.3 Å². The zero-order valence-electron chi connectivity index (χ0n) is 17.6. The van der Waals surface area contributed by atoms with E-state index in [1.807, 2.05) is 22.9 Å². The molecule has 2 saturated carbocycles. The summed E-state index contributed by atoms with van der Waals surface area (Å²) >= 11 is 6.24. The summed E-state index contributed by atoms with van der Waals surface area (Å²) in [5.41, 5.74) is 8.10. The number of benzene rings is 1. The molecule has 5 rings (SSSR count). The quantitative estimate of drug-likeness (QED) is 0.755. The van der Waals surface area contributed by atoms with E-state index in [0.29, 0.717) is 35.3 Å². The van der Waals surface area contributed by atoms with E-state index in [9.17, 15) is 9.59 Å². The lowest BCUT2D eigenvalue weighted by molar-refractivity contribution is 0.0747. The normalized spacial score (nSPS) is 25.1. The van der Waals surface area contributed by atoms with E-state index in [4.69, 9.17) is 22.4 Å². The average molecular weight is 442 g/mol. The molecule has 0 atom stereocenters. The van der Waals surface area contributed by atoms with Crippen molar-refractivity contribution in [2.45, 2.75) is 63.6 Å². The maximum Gasteiger partial charge on any atom is 0.315 e. The number of amides is 3. The second-order valence-corrected chi connectivity index (χ2v) is 9.69. The number of carbonyl (C=O) groups excluding carboxylic acids is 2. The molecule has 8 heteroatoms. The number of nitrogens with two attached hydrogens (primary N) is 1. The summed E-state index contributed by atoms with van der Waals surface area (Å²) in [6.07, 6.45) is 7.96. The van der Waals surface area contributed by atoms with Gasteiger partial charge in [-0.1, -0.05) is 49.4 Å². The first-order valence-corrected chi connectivity index (χ1v) is 11.5. The molecule has 3 N–H and O–H groups in total. The number of aromatic nitrogens is 2. The molecule has 2 heterocycles. The third kappa shape index (κ3) is 3.80. The molecule has 1 aromatic carbocycles. The van der Waals surface area contributed by atoms with Crippen LogP contribution in [0.3, 0.4) is 0 Å². The Morgan fingerprint density at radius 2 is 1.97 bits per heavy atom. The predicted molar refractivity (Wildman–Crippen MR) is 119 cm³/mol. The second kappa shape index (κ2) is 7.86. The summed E-state index contributed by atoms with van der Waals surface area (Å²) in [6, 6.07) is 6.92. The van der Waals surface area contributed by atoms with Gasteiger partial charge in [0.25, 0.3) is 5.91 Å². The van der Waals surface area contributed by atoms with Crippen molar-refractivity contribution in [2.24, 2.45) is 11.7 Å². The van der Waals surface area contributed by atoms with E-state index in [1.165, 1.54) is 12.8 Å². The molecule has 31 heavy (non-hydrogen) atoms. The van der Waals surface area contributed by atoms with Crippen LogP contribution in [0.2, 0.25) is 5.02 Å². The van der Waals surface area contributed by atoms with Crippen molar-refractivity contribution >= 4 is 23.5 Å². The Morgan fingerprint density at radius 3 is 2.68 bits per heavy atom. The number of nitrogens with zero attached hydrogens (tertiary/aromatic N) is 3. The first kappa shape index (κ1) is 20.4. The van der Waals surface area contributed by atoms with E-state index in [0.717, 1.165) is 43.4 Å². The highest BCUT2D eigenvalue weighted by Gasteiger charge is 2.41. The molecule has 7 nitrogen and oxygen atoms in total. The number of primary amides is 1. The van der Waals surface area contributed by atoms with Crippen LogP contribution in [-0.2, 0) is 13.1 Å². The van der Waals surface area contributed by atoms with Crippen LogP contribution in [0.4, 0.5) is 4.79 Å². The van der Waals surface area contributed by atoms with Gasteiger partial charge in [-0.3, -0.25) is 9.48 Å². The van der Waals surface area contributed by atoms with Crippen molar-refractivity contribution in [3.63, 3.8) is 0 Å². The SMILES string of the molecule is NC(=O)N1CCn2nc(-c3cccc(Cl)c3)c(C(=O)NC34CCCC(CCC3)C4)c2C1. The first-order chi connectivity index (χ1) is 14.9. The molecule has 2 fully saturated rings. The summed E-state index contributed by atoms with van der Waals surface area (Å²) < 4.78 is 1.84. The summed E-state index contributed by atoms with van der Waals surface area (Å²) in [6.45, 7) is 1.26. The van der Waals surface area contributed by atoms with Gasteiger partial charge in [-0.2, -0.15) is 5.10 Å². The molecular weight excluding hydrogens is 414 g/mol. The largest absolute Gasteiger partial charge is 0.351 e. The number of urea groups is 1. The maximum atomic E-state index is 13.8. The van der Waals surface area contributed by atoms with Gasteiger partial charge in [0.05, 0.1) is 24.3 Å². The molecule has 164 valence electrons. The van der Waals surface area contributed by atoms with E-state index in [-0.39, 0.29) is 18.0 Å². The number of hydrogen-bond donors (Lipinski definition) is 2. The lowest BCUT2D eigenvalue weighted by Gasteiger charge is -2.45. The topological polar surface area (TPSA) is 93.2 Å². The highest BCUT2D eigenvalue weighted by Crippen LogP contribution is 2.43. The van der Waals surface area contributed by atoms with E-state index in [1.54, 1.807) is 11.0 Å². The number of carbonyl (C=O) groups is 2. The lowest BCUT2D eigenvalue weighted by atomic mass is 9.67. The third-order valence-electron chi connectivity index (χ3n) is 7.21. The Bertz CT molecular complexity index is 1020. The van der Waals surface area contributed by atoms with Gasteiger partial charge in [0.2, 0.25) is 0 Å². The smallest absolute Gasteiger partial charge is 0.315 e. The van der Waals surface area contributed by atoms with Gasteiger partial charge in [-0.05, 0) is 37.3 Å². The lowest BCUT2D eigenvalue weighted by Crippen LogP contribution is -2.53. The van der Waals surface area contributed by atoms with Gasteiger partial charge >= 0.3 is 6.03 Å². The minimum Gasteiger partial charge on any atom is -0.351 e. The van der Waals surface area contributed by atoms with Crippen LogP contribution in [0.5, 0.6) is 0 Å². The van der Waals surface area contributed by atoms with Crippen molar-refractivity contribution in [2.75, 3.05) is 6.54 Å². The van der Waals surface area contributed by atoms with Crippen LogP contribution >= 0.6 is 11.6 Å². The minimum atomic E-state index is -0.482. The molecule has 2 bridgehead atoms. The Morgan fingerprint density at radius 1 is 1.19 bits per heavy atom. The summed E-state index contributed by atoms with van der Waals surface area (Å²) in [5, 5.41) is 8.78. The van der Waals surface area contributed by atoms with Gasteiger partial charge in [0.1, 0.15) is 5.69 Å². The average Bonchev–Trinajstić information content (AvgIpc) is 3.12. The number of rotatable bonds is 3. The van der Waals surface area contributed by atoms with Crippen molar-refractivity contribution in [3.8, 4) is 11.3 Å². The zero-order chi connectivity index (χ0) is 21.6. The van der Waals surface area contributed by atoms with Crippen LogP contribution in [0.15, 0.2) is 24.3 Å². The molecule has 3 amide bonds. The molecule has 0 spiro atoms. The van der Waals surface area contributed by atoms with Crippen molar-refractivity contribution < 1.29 is 9.59 Å². The highest BCUT2D eigenvalue weighted by atomic mass is 35.5. The molecule has 2 aliphatic carbocycles. The van der Waals surface area contributed by atoms with E-state index >= 15 is 0 Å². The third-order valence-corrected chi connectivity index (χ3v) is 7.45. The van der Waals surface area contributed by atoms with Crippen molar-refractivity contribution in [1.82, 2.24) is 20.0 Å². The molecule has 3 aliphatic rings. The molecular formula is C23H28ClN5O2. The van der Waals surface area contributed by atoms with Crippen LogP contribution < -0.4 is 11.1 Å². The maximum absolute atomic E-state index is 13.8. The van der Waals surface area contributed by atoms with Crippen molar-refractivity contribution in [3.05, 3.63) is 40.5 Å². The van der Waals surface area contributed by atoms with Gasteiger partial charge < -0.3 is 16.0 Å². The summed E-state index contributed by atoms with van der Waals surface area (Å²) in [7, 11) is 0. The highest BCUT2D eigenvalue weighted by molar-refractivity contribution is 6.30. The van der Waals surface area contributed by atoms with E-state index < -0.39 is 6.03 Å². The summed E-state index contributed by atoms with van der Waals surface area (Å²) in [4.78, 5) is 27.2. The Labute approximate surface area is 186 Å². The van der Waals surface area contributed by atoms with Crippen LogP contribution in [-0.4, -0.2) is 38.7 Å². The fraction of sp³-hybridized carbons (Fsp3) is 0.522. The zero-order valence-corrected chi connectivity index (χ0v) is 18.3. The van der Waals surface area contributed by atoms with Crippen LogP contribution in [0.1, 0.15) is 61.0 Å². The molecule has 0 radical (unpaired) electrons. The minimum absolute atomic E-state index is 0.106. The Balaban J connectivity index is 1.55. The van der Waals surface area contributed by atoms with E-state index in [2.05, 4.69) is 5.32 Å². The summed E-state index contributed by atoms with van der Waals surface area (Å²) in [5.74, 6) is 0.603. The Hall–Kier alpha value is -2.54.